The minimum absolute atomic E-state index is 0.0917. The number of carbonyl (C=O) groups is 1. The Kier molecular flexibility index (Phi) is 5.97. The molecule has 2 aromatic carbocycles. The zero-order valence-electron chi connectivity index (χ0n) is 16.6. The number of amides is 1. The van der Waals surface area contributed by atoms with Crippen molar-refractivity contribution in [2.24, 2.45) is 0 Å². The lowest BCUT2D eigenvalue weighted by Gasteiger charge is -2.19. The summed E-state index contributed by atoms with van der Waals surface area (Å²) in [4.78, 5) is 23.8. The van der Waals surface area contributed by atoms with Gasteiger partial charge in [0, 0.05) is 11.2 Å². The van der Waals surface area contributed by atoms with E-state index in [1.165, 1.54) is 11.3 Å². The fourth-order valence-corrected chi connectivity index (χ4v) is 4.17. The maximum Gasteiger partial charge on any atom is 0.267 e. The molecule has 0 spiro atoms. The second-order valence-electron chi connectivity index (χ2n) is 6.92. The number of benzene rings is 2. The third-order valence-electron chi connectivity index (χ3n) is 4.70. The van der Waals surface area contributed by atoms with Gasteiger partial charge in [-0.2, -0.15) is 0 Å². The minimum atomic E-state index is -0.191. The average molecular weight is 438 g/mol. The molecular weight excluding hydrogens is 418 g/mol. The van der Waals surface area contributed by atoms with Crippen LogP contribution in [-0.2, 0) is 11.3 Å². The average Bonchev–Trinajstić information content (AvgIpc) is 3.19. The molecule has 0 radical (unpaired) electrons. The summed E-state index contributed by atoms with van der Waals surface area (Å²) in [5.41, 5.74) is 3.61. The van der Waals surface area contributed by atoms with Gasteiger partial charge >= 0.3 is 0 Å². The first-order chi connectivity index (χ1) is 14.5. The van der Waals surface area contributed by atoms with Crippen LogP contribution in [0.3, 0.4) is 0 Å². The molecule has 2 aromatic heterocycles. The van der Waals surface area contributed by atoms with E-state index in [4.69, 9.17) is 21.3 Å². The van der Waals surface area contributed by atoms with Gasteiger partial charge in [-0.05, 0) is 55.8 Å². The first kappa shape index (κ1) is 20.3. The first-order valence-corrected chi connectivity index (χ1v) is 10.7. The number of hydrogen-bond donors (Lipinski definition) is 0. The predicted molar refractivity (Wildman–Crippen MR) is 121 cm³/mol. The maximum atomic E-state index is 13.1. The lowest BCUT2D eigenvalue weighted by molar-refractivity contribution is -0.120. The maximum absolute atomic E-state index is 13.1. The van der Waals surface area contributed by atoms with E-state index in [2.05, 4.69) is 4.98 Å². The van der Waals surface area contributed by atoms with Crippen molar-refractivity contribution in [1.29, 1.82) is 0 Å². The quantitative estimate of drug-likeness (QED) is 0.395. The summed E-state index contributed by atoms with van der Waals surface area (Å²) in [5.74, 6) is 0.461. The number of ether oxygens (including phenoxy) is 1. The Labute approximate surface area is 183 Å². The SMILES string of the molecule is Cc1ccc(OCC(=O)N(Cc2ccccn2)c2nc3c(C)c(Cl)ccc3s2)cc1. The highest BCUT2D eigenvalue weighted by molar-refractivity contribution is 7.22. The third kappa shape index (κ3) is 4.45. The Morgan fingerprint density at radius 2 is 1.90 bits per heavy atom. The number of carbonyl (C=O) groups excluding carboxylic acids is 1. The van der Waals surface area contributed by atoms with Gasteiger partial charge in [0.2, 0.25) is 0 Å². The number of aromatic nitrogens is 2. The predicted octanol–water partition coefficient (Wildman–Crippen LogP) is 5.57. The van der Waals surface area contributed by atoms with Gasteiger partial charge in [0.25, 0.3) is 5.91 Å². The summed E-state index contributed by atoms with van der Waals surface area (Å²) in [5, 5.41) is 1.25. The van der Waals surface area contributed by atoms with Crippen LogP contribution in [0.15, 0.2) is 60.8 Å². The van der Waals surface area contributed by atoms with Crippen molar-refractivity contribution in [2.75, 3.05) is 11.5 Å². The lowest BCUT2D eigenvalue weighted by Crippen LogP contribution is -2.34. The molecule has 0 saturated heterocycles. The van der Waals surface area contributed by atoms with Crippen LogP contribution >= 0.6 is 22.9 Å². The summed E-state index contributed by atoms with van der Waals surface area (Å²) in [6.07, 6.45) is 1.71. The van der Waals surface area contributed by atoms with E-state index in [9.17, 15) is 4.79 Å². The first-order valence-electron chi connectivity index (χ1n) is 9.46. The fraction of sp³-hybridized carbons (Fsp3) is 0.174. The Balaban J connectivity index is 1.63. The number of rotatable bonds is 6. The van der Waals surface area contributed by atoms with E-state index in [0.29, 0.717) is 22.4 Å². The number of fused-ring (bicyclic) bond motifs is 1. The highest BCUT2D eigenvalue weighted by atomic mass is 35.5. The smallest absolute Gasteiger partial charge is 0.267 e. The summed E-state index contributed by atoms with van der Waals surface area (Å²) in [6.45, 7) is 4.15. The van der Waals surface area contributed by atoms with Crippen molar-refractivity contribution in [1.82, 2.24) is 9.97 Å². The Morgan fingerprint density at radius 1 is 1.10 bits per heavy atom. The van der Waals surface area contributed by atoms with Gasteiger partial charge in [-0.25, -0.2) is 4.98 Å². The number of nitrogens with zero attached hydrogens (tertiary/aromatic N) is 3. The number of thiazole rings is 1. The molecule has 30 heavy (non-hydrogen) atoms. The van der Waals surface area contributed by atoms with Gasteiger partial charge in [0.15, 0.2) is 11.7 Å². The fourth-order valence-electron chi connectivity index (χ4n) is 2.98. The normalized spacial score (nSPS) is 10.9. The lowest BCUT2D eigenvalue weighted by atomic mass is 10.2. The Bertz CT molecular complexity index is 1180. The van der Waals surface area contributed by atoms with Crippen LogP contribution in [0.2, 0.25) is 5.02 Å². The second kappa shape index (κ2) is 8.81. The van der Waals surface area contributed by atoms with Crippen molar-refractivity contribution < 1.29 is 9.53 Å². The van der Waals surface area contributed by atoms with Crippen LogP contribution in [0, 0.1) is 13.8 Å². The van der Waals surface area contributed by atoms with Crippen LogP contribution in [0.25, 0.3) is 10.2 Å². The van der Waals surface area contributed by atoms with Gasteiger partial charge in [-0.15, -0.1) is 0 Å². The van der Waals surface area contributed by atoms with Gasteiger partial charge in [0.1, 0.15) is 5.75 Å². The van der Waals surface area contributed by atoms with E-state index in [1.807, 2.05) is 68.4 Å². The highest BCUT2D eigenvalue weighted by Crippen LogP contribution is 2.34. The van der Waals surface area contributed by atoms with Crippen LogP contribution in [0.4, 0.5) is 5.13 Å². The topological polar surface area (TPSA) is 55.3 Å². The molecule has 1 amide bonds. The summed E-state index contributed by atoms with van der Waals surface area (Å²) in [6, 6.07) is 17.0. The van der Waals surface area contributed by atoms with Crippen molar-refractivity contribution in [2.45, 2.75) is 20.4 Å². The van der Waals surface area contributed by atoms with Crippen molar-refractivity contribution in [3.8, 4) is 5.75 Å². The molecule has 0 aliphatic carbocycles. The molecule has 0 atom stereocenters. The molecule has 2 heterocycles. The second-order valence-corrected chi connectivity index (χ2v) is 8.33. The molecule has 4 aromatic rings. The number of aryl methyl sites for hydroxylation is 2. The van der Waals surface area contributed by atoms with E-state index in [1.54, 1.807) is 11.1 Å². The molecule has 0 aliphatic heterocycles. The van der Waals surface area contributed by atoms with E-state index < -0.39 is 0 Å². The van der Waals surface area contributed by atoms with Gasteiger partial charge in [-0.1, -0.05) is 46.7 Å². The molecule has 0 aliphatic rings. The number of halogens is 1. The Morgan fingerprint density at radius 3 is 2.63 bits per heavy atom. The Hall–Kier alpha value is -2.96. The number of hydrogen-bond acceptors (Lipinski definition) is 5. The molecule has 0 bridgehead atoms. The van der Waals surface area contributed by atoms with Crippen LogP contribution in [-0.4, -0.2) is 22.5 Å². The third-order valence-corrected chi connectivity index (χ3v) is 6.15. The van der Waals surface area contributed by atoms with E-state index in [-0.39, 0.29) is 12.5 Å². The zero-order valence-corrected chi connectivity index (χ0v) is 18.2. The molecule has 5 nitrogen and oxygen atoms in total. The molecule has 7 heteroatoms. The number of pyridine rings is 1. The summed E-state index contributed by atoms with van der Waals surface area (Å²) < 4.78 is 6.70. The minimum Gasteiger partial charge on any atom is -0.484 e. The standard InChI is InChI=1S/C23H20ClN3O2S/c1-15-6-8-18(9-7-15)29-14-21(28)27(13-17-5-3-4-12-25-17)23-26-22-16(2)19(24)10-11-20(22)30-23/h3-12H,13-14H2,1-2H3. The molecule has 0 saturated carbocycles. The largest absolute Gasteiger partial charge is 0.484 e. The van der Waals surface area contributed by atoms with Gasteiger partial charge in [-0.3, -0.25) is 14.7 Å². The summed E-state index contributed by atoms with van der Waals surface area (Å²) >= 11 is 7.70. The van der Waals surface area contributed by atoms with Crippen molar-refractivity contribution in [3.05, 3.63) is 82.6 Å². The van der Waals surface area contributed by atoms with Gasteiger partial charge < -0.3 is 4.74 Å². The molecular formula is C23H20ClN3O2S. The van der Waals surface area contributed by atoms with Crippen LogP contribution < -0.4 is 9.64 Å². The van der Waals surface area contributed by atoms with E-state index >= 15 is 0 Å². The molecule has 4 rings (SSSR count). The monoisotopic (exact) mass is 437 g/mol. The van der Waals surface area contributed by atoms with E-state index in [0.717, 1.165) is 27.0 Å². The van der Waals surface area contributed by atoms with Crippen LogP contribution in [0.1, 0.15) is 16.8 Å². The summed E-state index contributed by atoms with van der Waals surface area (Å²) in [7, 11) is 0. The van der Waals surface area contributed by atoms with Crippen LogP contribution in [0.5, 0.6) is 5.75 Å². The molecule has 152 valence electrons. The van der Waals surface area contributed by atoms with Crippen molar-refractivity contribution in [3.63, 3.8) is 0 Å². The molecule has 0 unspecified atom stereocenters. The van der Waals surface area contributed by atoms with Crippen molar-refractivity contribution >= 4 is 44.2 Å². The molecule has 0 fully saturated rings. The van der Waals surface area contributed by atoms with Gasteiger partial charge in [0.05, 0.1) is 22.5 Å². The molecule has 0 N–H and O–H groups in total. The highest BCUT2D eigenvalue weighted by Gasteiger charge is 2.22. The number of anilines is 1. The zero-order chi connectivity index (χ0) is 21.1.